The number of nitrogens with zero attached hydrogens (tertiary/aromatic N) is 6. The molecule has 0 radical (unpaired) electrons. The summed E-state index contributed by atoms with van der Waals surface area (Å²) in [6, 6.07) is 5.24. The van der Waals surface area contributed by atoms with Gasteiger partial charge in [0.25, 0.3) is 0 Å². The van der Waals surface area contributed by atoms with Crippen molar-refractivity contribution in [3.05, 3.63) is 47.6 Å². The molecule has 10 nitrogen and oxygen atoms in total. The lowest BCUT2D eigenvalue weighted by Crippen LogP contribution is -2.50. The fourth-order valence-corrected chi connectivity index (χ4v) is 5.07. The van der Waals surface area contributed by atoms with E-state index in [2.05, 4.69) is 19.9 Å². The van der Waals surface area contributed by atoms with E-state index in [1.54, 1.807) is 17.2 Å². The number of pyridine rings is 1. The van der Waals surface area contributed by atoms with Gasteiger partial charge in [0, 0.05) is 25.5 Å². The molecule has 2 aliphatic rings. The van der Waals surface area contributed by atoms with Crippen LogP contribution in [0.2, 0.25) is 5.15 Å². The first-order chi connectivity index (χ1) is 18.2. The SMILES string of the molecule is CC1C(c2cc(Cl)nc(-c3cc(-c4nccn4C4CCCCO4)ncn3)c2)OCCN1C(=O)OC(C)(C)C. The first-order valence-corrected chi connectivity index (χ1v) is 13.3. The predicted molar refractivity (Wildman–Crippen MR) is 141 cm³/mol. The van der Waals surface area contributed by atoms with Gasteiger partial charge in [-0.1, -0.05) is 11.6 Å². The van der Waals surface area contributed by atoms with Gasteiger partial charge in [-0.25, -0.2) is 24.7 Å². The highest BCUT2D eigenvalue weighted by Gasteiger charge is 2.36. The average molecular weight is 541 g/mol. The summed E-state index contributed by atoms with van der Waals surface area (Å²) in [7, 11) is 0. The Hall–Kier alpha value is -3.08. The number of carbonyl (C=O) groups is 1. The molecule has 5 heterocycles. The second-order valence-corrected chi connectivity index (χ2v) is 11.0. The maximum Gasteiger partial charge on any atom is 0.410 e. The molecule has 0 aromatic carbocycles. The van der Waals surface area contributed by atoms with E-state index in [-0.39, 0.29) is 18.4 Å². The molecule has 3 aromatic rings. The van der Waals surface area contributed by atoms with E-state index in [4.69, 9.17) is 25.8 Å². The van der Waals surface area contributed by atoms with Gasteiger partial charge in [-0.3, -0.25) is 0 Å². The van der Waals surface area contributed by atoms with Crippen LogP contribution in [-0.4, -0.2) is 66.9 Å². The zero-order valence-electron chi connectivity index (χ0n) is 22.1. The first-order valence-electron chi connectivity index (χ1n) is 13.0. The molecule has 0 N–H and O–H groups in total. The third kappa shape index (κ3) is 5.82. The number of ether oxygens (including phenoxy) is 3. The van der Waals surface area contributed by atoms with Crippen LogP contribution in [0.1, 0.15) is 64.9 Å². The van der Waals surface area contributed by atoms with Crippen LogP contribution in [-0.2, 0) is 14.2 Å². The smallest absolute Gasteiger partial charge is 0.410 e. The van der Waals surface area contributed by atoms with Gasteiger partial charge in [0.05, 0.1) is 24.0 Å². The fraction of sp³-hybridized carbons (Fsp3) is 0.519. The Morgan fingerprint density at radius 2 is 1.87 bits per heavy atom. The summed E-state index contributed by atoms with van der Waals surface area (Å²) in [6.07, 6.45) is 7.45. The first kappa shape index (κ1) is 26.5. The summed E-state index contributed by atoms with van der Waals surface area (Å²) in [6.45, 7) is 9.07. The molecule has 38 heavy (non-hydrogen) atoms. The molecule has 11 heteroatoms. The Bertz CT molecular complexity index is 1290. The van der Waals surface area contributed by atoms with Crippen molar-refractivity contribution >= 4 is 17.7 Å². The van der Waals surface area contributed by atoms with Crippen LogP contribution in [0.3, 0.4) is 0 Å². The third-order valence-electron chi connectivity index (χ3n) is 6.63. The lowest BCUT2D eigenvalue weighted by molar-refractivity contribution is -0.0723. The Morgan fingerprint density at radius 3 is 2.63 bits per heavy atom. The van der Waals surface area contributed by atoms with Crippen molar-refractivity contribution in [1.82, 2.24) is 29.4 Å². The molecular weight excluding hydrogens is 508 g/mol. The van der Waals surface area contributed by atoms with Gasteiger partial charge < -0.3 is 23.7 Å². The van der Waals surface area contributed by atoms with E-state index >= 15 is 0 Å². The monoisotopic (exact) mass is 540 g/mol. The van der Waals surface area contributed by atoms with E-state index < -0.39 is 11.7 Å². The second kappa shape index (κ2) is 11.0. The molecule has 2 aliphatic heterocycles. The maximum absolute atomic E-state index is 12.8. The van der Waals surface area contributed by atoms with E-state index in [9.17, 15) is 4.79 Å². The summed E-state index contributed by atoms with van der Waals surface area (Å²) in [4.78, 5) is 32.5. The minimum absolute atomic E-state index is 0.0616. The van der Waals surface area contributed by atoms with Gasteiger partial charge in [0.1, 0.15) is 35.1 Å². The van der Waals surface area contributed by atoms with E-state index in [0.29, 0.717) is 41.2 Å². The minimum atomic E-state index is -0.583. The largest absolute Gasteiger partial charge is 0.444 e. The van der Waals surface area contributed by atoms with Gasteiger partial charge in [-0.15, -0.1) is 0 Å². The number of hydrogen-bond donors (Lipinski definition) is 0. The average Bonchev–Trinajstić information content (AvgIpc) is 3.38. The molecule has 1 amide bonds. The molecule has 0 spiro atoms. The Balaban J connectivity index is 1.42. The zero-order valence-corrected chi connectivity index (χ0v) is 22.9. The van der Waals surface area contributed by atoms with Gasteiger partial charge >= 0.3 is 6.09 Å². The van der Waals surface area contributed by atoms with Crippen LogP contribution in [0.5, 0.6) is 0 Å². The Morgan fingerprint density at radius 1 is 1.05 bits per heavy atom. The minimum Gasteiger partial charge on any atom is -0.444 e. The zero-order chi connectivity index (χ0) is 26.9. The van der Waals surface area contributed by atoms with Crippen molar-refractivity contribution in [2.45, 2.75) is 70.9 Å². The van der Waals surface area contributed by atoms with Crippen LogP contribution in [0.25, 0.3) is 22.9 Å². The lowest BCUT2D eigenvalue weighted by atomic mass is 10.0. The Kier molecular flexibility index (Phi) is 7.65. The summed E-state index contributed by atoms with van der Waals surface area (Å²) in [5, 5.41) is 0.306. The molecule has 3 aromatic heterocycles. The molecule has 0 saturated carbocycles. The highest BCUT2D eigenvalue weighted by atomic mass is 35.5. The molecule has 202 valence electrons. The molecule has 0 aliphatic carbocycles. The van der Waals surface area contributed by atoms with E-state index in [1.165, 1.54) is 6.33 Å². The number of carbonyl (C=O) groups excluding carboxylic acids is 1. The quantitative estimate of drug-likeness (QED) is 0.402. The molecule has 2 fully saturated rings. The number of aromatic nitrogens is 5. The standard InChI is InChI=1S/C27H33ClN6O4/c1-17-24(37-12-10-33(17)26(35)38-27(2,3)4)18-13-20(32-22(28)14-18)19-15-21(31-16-30-19)25-29-8-9-34(25)23-7-5-6-11-36-23/h8-9,13-17,23-24H,5-7,10-12H2,1-4H3. The number of hydrogen-bond acceptors (Lipinski definition) is 8. The molecule has 3 unspecified atom stereocenters. The van der Waals surface area contributed by atoms with Crippen molar-refractivity contribution in [2.24, 2.45) is 0 Å². The summed E-state index contributed by atoms with van der Waals surface area (Å²) < 4.78 is 19.7. The highest BCUT2D eigenvalue weighted by Crippen LogP contribution is 2.33. The predicted octanol–water partition coefficient (Wildman–Crippen LogP) is 5.45. The Labute approximate surface area is 227 Å². The second-order valence-electron chi connectivity index (χ2n) is 10.6. The third-order valence-corrected chi connectivity index (χ3v) is 6.82. The van der Waals surface area contributed by atoms with Crippen molar-refractivity contribution < 1.29 is 19.0 Å². The van der Waals surface area contributed by atoms with Gasteiger partial charge in [-0.2, -0.15) is 0 Å². The normalized spacial score (nSPS) is 22.3. The van der Waals surface area contributed by atoms with Crippen LogP contribution in [0.15, 0.2) is 36.9 Å². The summed E-state index contributed by atoms with van der Waals surface area (Å²) in [5.74, 6) is 0.708. The number of imidazole rings is 1. The highest BCUT2D eigenvalue weighted by molar-refractivity contribution is 6.29. The van der Waals surface area contributed by atoms with Crippen LogP contribution in [0, 0.1) is 0 Å². The lowest BCUT2D eigenvalue weighted by Gasteiger charge is -2.40. The van der Waals surface area contributed by atoms with Crippen LogP contribution >= 0.6 is 11.6 Å². The molecular formula is C27H33ClN6O4. The number of morpholine rings is 1. The maximum atomic E-state index is 12.8. The number of halogens is 1. The van der Waals surface area contributed by atoms with Gasteiger partial charge in [-0.05, 0) is 70.7 Å². The summed E-state index contributed by atoms with van der Waals surface area (Å²) >= 11 is 6.47. The van der Waals surface area contributed by atoms with Crippen molar-refractivity contribution in [1.29, 1.82) is 0 Å². The topological polar surface area (TPSA) is 104 Å². The molecule has 5 rings (SSSR count). The summed E-state index contributed by atoms with van der Waals surface area (Å²) in [5.41, 5.74) is 2.06. The van der Waals surface area contributed by atoms with Gasteiger partial charge in [0.15, 0.2) is 5.82 Å². The molecule has 3 atom stereocenters. The number of amides is 1. The number of rotatable bonds is 4. The van der Waals surface area contributed by atoms with Crippen LogP contribution < -0.4 is 0 Å². The molecule has 0 bridgehead atoms. The van der Waals surface area contributed by atoms with Crippen molar-refractivity contribution in [3.63, 3.8) is 0 Å². The van der Waals surface area contributed by atoms with E-state index in [1.807, 2.05) is 50.6 Å². The fourth-order valence-electron chi connectivity index (χ4n) is 4.86. The molecule has 2 saturated heterocycles. The van der Waals surface area contributed by atoms with Gasteiger partial charge in [0.2, 0.25) is 0 Å². The van der Waals surface area contributed by atoms with E-state index in [0.717, 1.165) is 31.4 Å². The van der Waals surface area contributed by atoms with Crippen molar-refractivity contribution in [3.8, 4) is 22.9 Å². The van der Waals surface area contributed by atoms with Crippen molar-refractivity contribution in [2.75, 3.05) is 19.8 Å². The van der Waals surface area contributed by atoms with Crippen LogP contribution in [0.4, 0.5) is 4.79 Å².